The van der Waals surface area contributed by atoms with Crippen LogP contribution in [0, 0.1) is 12.8 Å². The fourth-order valence-electron chi connectivity index (χ4n) is 2.67. The maximum Gasteiger partial charge on any atom is 0.0433 e. The summed E-state index contributed by atoms with van der Waals surface area (Å²) in [5.41, 5.74) is 4.07. The van der Waals surface area contributed by atoms with Gasteiger partial charge in [0, 0.05) is 31.7 Å². The number of ether oxygens (including phenoxy) is 1. The number of benzene rings is 1. The van der Waals surface area contributed by atoms with Crippen LogP contribution in [0.4, 0.5) is 0 Å². The van der Waals surface area contributed by atoms with Gasteiger partial charge >= 0.3 is 0 Å². The number of hydrogen-bond donors (Lipinski definition) is 2. The van der Waals surface area contributed by atoms with Crippen LogP contribution in [-0.4, -0.2) is 34.4 Å². The molecule has 0 radical (unpaired) electrons. The molecule has 0 aromatic heterocycles. The molecule has 4 heteroatoms. The topological polar surface area (TPSA) is 33.3 Å². The van der Waals surface area contributed by atoms with Crippen molar-refractivity contribution in [3.63, 3.8) is 0 Å². The van der Waals surface area contributed by atoms with Crippen molar-refractivity contribution in [3.05, 3.63) is 95.2 Å². The number of dihydropyridines is 1. The number of rotatable bonds is 9. The lowest BCUT2D eigenvalue weighted by Gasteiger charge is -2.06. The number of terminal acetylenes is 1. The summed E-state index contributed by atoms with van der Waals surface area (Å²) in [4.78, 5) is 0. The standard InChI is InChI=1S/C19H25Cl.C5H7N.C3H8O.C2H7N.C2H2/c1-4-10-18(19(20)11-5-2)15-9-14-17-13-8-7-12-16(17)6-3;1-2-4-6-5-3-1;1-3-4-2;1-3-2;1-2/h5,7-9,12-13,15H,2,4,6,10-11,14H2,1,3H3;1-4,6H,5H2;3H2,1-2H3;3H,1-2H3;1-2H/b15-9-,19-18+;;;;. The minimum absolute atomic E-state index is 0.757. The van der Waals surface area contributed by atoms with Crippen LogP contribution >= 0.6 is 11.6 Å². The van der Waals surface area contributed by atoms with Gasteiger partial charge in [-0.3, -0.25) is 0 Å². The third-order valence-corrected chi connectivity index (χ3v) is 4.73. The van der Waals surface area contributed by atoms with E-state index in [0.717, 1.165) is 50.3 Å². The van der Waals surface area contributed by atoms with Gasteiger partial charge in [0.05, 0.1) is 0 Å². The Hall–Kier alpha value is -2.51. The second-order valence-electron chi connectivity index (χ2n) is 7.17. The van der Waals surface area contributed by atoms with Gasteiger partial charge < -0.3 is 15.4 Å². The van der Waals surface area contributed by atoms with Crippen LogP contribution in [0.1, 0.15) is 51.2 Å². The Morgan fingerprint density at radius 3 is 2.11 bits per heavy atom. The monoisotopic (exact) mass is 500 g/mol. The Kier molecular flexibility index (Phi) is 33.3. The van der Waals surface area contributed by atoms with E-state index in [1.165, 1.54) is 16.7 Å². The first kappa shape index (κ1) is 37.0. The molecule has 0 aliphatic carbocycles. The highest BCUT2D eigenvalue weighted by atomic mass is 35.5. The molecule has 2 N–H and O–H groups in total. The fraction of sp³-hybridized carbons (Fsp3) is 0.419. The van der Waals surface area contributed by atoms with Crippen LogP contribution < -0.4 is 10.6 Å². The molecule has 1 aliphatic heterocycles. The molecule has 1 aliphatic rings. The molecule has 35 heavy (non-hydrogen) atoms. The van der Waals surface area contributed by atoms with E-state index in [9.17, 15) is 0 Å². The summed E-state index contributed by atoms with van der Waals surface area (Å²) >= 11 is 6.32. The van der Waals surface area contributed by atoms with E-state index in [-0.39, 0.29) is 0 Å². The minimum atomic E-state index is 0.757. The molecule has 0 saturated carbocycles. The Balaban J connectivity index is -0.000000554. The molecule has 0 atom stereocenters. The molecule has 2 rings (SSSR count). The van der Waals surface area contributed by atoms with E-state index < -0.39 is 0 Å². The van der Waals surface area contributed by atoms with Gasteiger partial charge in [-0.25, -0.2) is 0 Å². The highest BCUT2D eigenvalue weighted by Crippen LogP contribution is 2.20. The van der Waals surface area contributed by atoms with Crippen LogP contribution in [0.15, 0.2) is 84.1 Å². The summed E-state index contributed by atoms with van der Waals surface area (Å²) in [5.74, 6) is 0. The van der Waals surface area contributed by atoms with Gasteiger partial charge in [-0.2, -0.15) is 0 Å². The van der Waals surface area contributed by atoms with Crippen molar-refractivity contribution in [3.8, 4) is 12.8 Å². The molecule has 1 aromatic carbocycles. The van der Waals surface area contributed by atoms with Crippen molar-refractivity contribution < 1.29 is 4.74 Å². The first-order valence-corrected chi connectivity index (χ1v) is 12.6. The molecule has 1 heterocycles. The van der Waals surface area contributed by atoms with E-state index >= 15 is 0 Å². The average Bonchev–Trinajstić information content (AvgIpc) is 2.91. The second kappa shape index (κ2) is 31.5. The van der Waals surface area contributed by atoms with Crippen LogP contribution in [0.3, 0.4) is 0 Å². The molecule has 0 spiro atoms. The summed E-state index contributed by atoms with van der Waals surface area (Å²) in [6.07, 6.45) is 27.2. The van der Waals surface area contributed by atoms with E-state index in [4.69, 9.17) is 11.6 Å². The summed E-state index contributed by atoms with van der Waals surface area (Å²) in [6.45, 7) is 11.9. The van der Waals surface area contributed by atoms with E-state index in [1.807, 2.05) is 45.4 Å². The van der Waals surface area contributed by atoms with Crippen molar-refractivity contribution in [1.82, 2.24) is 10.6 Å². The Bertz CT molecular complexity index is 731. The van der Waals surface area contributed by atoms with Gasteiger partial charge in [0.15, 0.2) is 0 Å². The van der Waals surface area contributed by atoms with E-state index in [2.05, 4.69) is 91.1 Å². The zero-order valence-electron chi connectivity index (χ0n) is 22.9. The molecule has 196 valence electrons. The molecule has 0 unspecified atom stereocenters. The largest absolute Gasteiger partial charge is 0.387 e. The first-order chi connectivity index (χ1) is 17.1. The van der Waals surface area contributed by atoms with Crippen molar-refractivity contribution in [2.45, 2.75) is 52.9 Å². The van der Waals surface area contributed by atoms with E-state index in [0.29, 0.717) is 0 Å². The van der Waals surface area contributed by atoms with Crippen molar-refractivity contribution in [1.29, 1.82) is 0 Å². The molecular weight excluding hydrogens is 452 g/mol. The number of nitrogens with one attached hydrogen (secondary N) is 2. The molecule has 3 nitrogen and oxygen atoms in total. The molecule has 0 fully saturated rings. The fourth-order valence-corrected chi connectivity index (χ4v) is 2.94. The zero-order valence-corrected chi connectivity index (χ0v) is 23.7. The predicted octanol–water partition coefficient (Wildman–Crippen LogP) is 7.61. The van der Waals surface area contributed by atoms with Gasteiger partial charge in [-0.05, 0) is 69.3 Å². The molecule has 0 saturated heterocycles. The quantitative estimate of drug-likeness (QED) is 0.208. The lowest BCUT2D eigenvalue weighted by atomic mass is 10.0. The maximum atomic E-state index is 6.32. The number of hydrogen-bond acceptors (Lipinski definition) is 3. The number of aryl methyl sites for hydroxylation is 1. The number of methoxy groups -OCH3 is 1. The van der Waals surface area contributed by atoms with Gasteiger partial charge in [-0.1, -0.05) is 86.5 Å². The van der Waals surface area contributed by atoms with E-state index in [1.54, 1.807) is 7.11 Å². The van der Waals surface area contributed by atoms with Crippen molar-refractivity contribution in [2.75, 3.05) is 34.4 Å². The van der Waals surface area contributed by atoms with Gasteiger partial charge in [0.25, 0.3) is 0 Å². The molecule has 0 amide bonds. The van der Waals surface area contributed by atoms with Gasteiger partial charge in [-0.15, -0.1) is 19.4 Å². The maximum absolute atomic E-state index is 6.32. The van der Waals surface area contributed by atoms with Crippen molar-refractivity contribution in [2.24, 2.45) is 0 Å². The Labute approximate surface area is 222 Å². The lowest BCUT2D eigenvalue weighted by molar-refractivity contribution is 0.215. The van der Waals surface area contributed by atoms with Gasteiger partial charge in [0.1, 0.15) is 0 Å². The van der Waals surface area contributed by atoms with Crippen LogP contribution in [-0.2, 0) is 17.6 Å². The summed E-state index contributed by atoms with van der Waals surface area (Å²) in [5, 5.41) is 6.69. The summed E-state index contributed by atoms with van der Waals surface area (Å²) < 4.78 is 4.54. The smallest absolute Gasteiger partial charge is 0.0433 e. The predicted molar refractivity (Wildman–Crippen MR) is 160 cm³/mol. The minimum Gasteiger partial charge on any atom is -0.387 e. The summed E-state index contributed by atoms with van der Waals surface area (Å²) in [7, 11) is 5.43. The molecule has 1 aromatic rings. The number of halogens is 1. The summed E-state index contributed by atoms with van der Waals surface area (Å²) in [6, 6.07) is 8.62. The Morgan fingerprint density at radius 1 is 1.14 bits per heavy atom. The Morgan fingerprint density at radius 2 is 1.74 bits per heavy atom. The molecular formula is C31H49ClN2O. The van der Waals surface area contributed by atoms with Crippen LogP contribution in [0.2, 0.25) is 0 Å². The van der Waals surface area contributed by atoms with Crippen molar-refractivity contribution >= 4 is 11.6 Å². The first-order valence-electron chi connectivity index (χ1n) is 12.2. The SMILES string of the molecule is C#C.C1=CCNC=C1.C=CC/C(Cl)=C(\C=C/Cc1ccccc1CC)CCC.CCOC.CNC. The third kappa shape index (κ3) is 24.4. The van der Waals surface area contributed by atoms with Gasteiger partial charge in [0.2, 0.25) is 0 Å². The highest BCUT2D eigenvalue weighted by Gasteiger charge is 2.00. The number of allylic oxidation sites excluding steroid dienone is 7. The van der Waals surface area contributed by atoms with Crippen LogP contribution in [0.5, 0.6) is 0 Å². The molecule has 0 bridgehead atoms. The highest BCUT2D eigenvalue weighted by molar-refractivity contribution is 6.30. The zero-order chi connectivity index (χ0) is 27.2. The third-order valence-electron chi connectivity index (χ3n) is 4.33. The second-order valence-corrected chi connectivity index (χ2v) is 7.63. The average molecular weight is 501 g/mol. The lowest BCUT2D eigenvalue weighted by Crippen LogP contribution is -2.05. The van der Waals surface area contributed by atoms with Crippen LogP contribution in [0.25, 0.3) is 0 Å². The normalized spacial score (nSPS) is 11.6.